The number of nitrogens with two attached hydrogens (primary N) is 1. The molecule has 1 aromatic heterocycles. The molecule has 0 radical (unpaired) electrons. The van der Waals surface area contributed by atoms with Gasteiger partial charge in [-0.15, -0.1) is 5.10 Å². The molecular weight excluding hydrogens is 162 g/mol. The van der Waals surface area contributed by atoms with Gasteiger partial charge < -0.3 is 5.73 Å². The van der Waals surface area contributed by atoms with Crippen LogP contribution in [0.3, 0.4) is 0 Å². The highest BCUT2D eigenvalue weighted by Gasteiger charge is 2.01. The van der Waals surface area contributed by atoms with Crippen LogP contribution in [0.1, 0.15) is 11.1 Å². The maximum Gasteiger partial charge on any atom is 0.153 e. The molecule has 0 aliphatic carbocycles. The van der Waals surface area contributed by atoms with E-state index in [1.54, 1.807) is 6.20 Å². The molecule has 1 aromatic carbocycles. The second kappa shape index (κ2) is 2.69. The zero-order chi connectivity index (χ0) is 9.42. The average molecular weight is 173 g/mol. The van der Waals surface area contributed by atoms with Gasteiger partial charge in [-0.25, -0.2) is 0 Å². The molecule has 0 bridgehead atoms. The predicted octanol–water partition coefficient (Wildman–Crippen LogP) is 1.83. The van der Waals surface area contributed by atoms with Crippen molar-refractivity contribution >= 4 is 16.6 Å². The van der Waals surface area contributed by atoms with E-state index in [4.69, 9.17) is 5.73 Å². The summed E-state index contributed by atoms with van der Waals surface area (Å²) in [6.45, 7) is 4.14. The quantitative estimate of drug-likeness (QED) is 0.661. The Labute approximate surface area is 76.6 Å². The van der Waals surface area contributed by atoms with Crippen LogP contribution in [0.25, 0.3) is 10.8 Å². The number of aryl methyl sites for hydroxylation is 2. The molecule has 0 spiro atoms. The number of nitrogen functional groups attached to an aromatic ring is 1. The van der Waals surface area contributed by atoms with E-state index >= 15 is 0 Å². The van der Waals surface area contributed by atoms with Crippen LogP contribution in [0.4, 0.5) is 5.82 Å². The lowest BCUT2D eigenvalue weighted by molar-refractivity contribution is 1.06. The third-order valence-electron chi connectivity index (χ3n) is 2.30. The lowest BCUT2D eigenvalue weighted by Gasteiger charge is -2.04. The second-order valence-electron chi connectivity index (χ2n) is 3.25. The number of rotatable bonds is 0. The highest BCUT2D eigenvalue weighted by atomic mass is 15.1. The van der Waals surface area contributed by atoms with E-state index in [1.165, 1.54) is 11.1 Å². The molecule has 0 aliphatic heterocycles. The first-order valence-corrected chi connectivity index (χ1v) is 4.16. The third kappa shape index (κ3) is 1.22. The monoisotopic (exact) mass is 173 g/mol. The van der Waals surface area contributed by atoms with Crippen molar-refractivity contribution in [1.82, 2.24) is 10.2 Å². The van der Waals surface area contributed by atoms with Crippen LogP contribution in [-0.2, 0) is 0 Å². The van der Waals surface area contributed by atoms with Crippen molar-refractivity contribution in [1.29, 1.82) is 0 Å². The summed E-state index contributed by atoms with van der Waals surface area (Å²) in [6, 6.07) is 4.13. The zero-order valence-electron chi connectivity index (χ0n) is 7.70. The minimum absolute atomic E-state index is 0.501. The molecule has 0 unspecified atom stereocenters. The maximum absolute atomic E-state index is 5.70. The molecule has 0 saturated carbocycles. The Morgan fingerprint density at radius 1 is 1.15 bits per heavy atom. The summed E-state index contributed by atoms with van der Waals surface area (Å²) in [7, 11) is 0. The minimum Gasteiger partial charge on any atom is -0.382 e. The summed E-state index contributed by atoms with van der Waals surface area (Å²) in [5, 5.41) is 9.65. The third-order valence-corrected chi connectivity index (χ3v) is 2.30. The van der Waals surface area contributed by atoms with Gasteiger partial charge in [0.15, 0.2) is 5.82 Å². The van der Waals surface area contributed by atoms with E-state index < -0.39 is 0 Å². The Morgan fingerprint density at radius 2 is 1.85 bits per heavy atom. The van der Waals surface area contributed by atoms with Gasteiger partial charge in [0.25, 0.3) is 0 Å². The van der Waals surface area contributed by atoms with Crippen LogP contribution in [0, 0.1) is 13.8 Å². The van der Waals surface area contributed by atoms with E-state index in [9.17, 15) is 0 Å². The van der Waals surface area contributed by atoms with Gasteiger partial charge in [-0.2, -0.15) is 5.10 Å². The Hall–Kier alpha value is -1.64. The largest absolute Gasteiger partial charge is 0.382 e. The summed E-state index contributed by atoms with van der Waals surface area (Å²) in [6.07, 6.45) is 1.73. The van der Waals surface area contributed by atoms with Gasteiger partial charge in [0, 0.05) is 10.8 Å². The molecule has 2 aromatic rings. The minimum atomic E-state index is 0.501. The Kier molecular flexibility index (Phi) is 1.65. The fraction of sp³-hybridized carbons (Fsp3) is 0.200. The van der Waals surface area contributed by atoms with Crippen LogP contribution in [0.2, 0.25) is 0 Å². The summed E-state index contributed by atoms with van der Waals surface area (Å²) in [5.41, 5.74) is 8.18. The summed E-state index contributed by atoms with van der Waals surface area (Å²) in [5.74, 6) is 0.501. The van der Waals surface area contributed by atoms with Crippen molar-refractivity contribution < 1.29 is 0 Å². The lowest BCUT2D eigenvalue weighted by Crippen LogP contribution is -1.94. The number of fused-ring (bicyclic) bond motifs is 1. The van der Waals surface area contributed by atoms with Gasteiger partial charge in [0.1, 0.15) is 0 Å². The van der Waals surface area contributed by atoms with Gasteiger partial charge in [0.05, 0.1) is 6.20 Å². The summed E-state index contributed by atoms with van der Waals surface area (Å²) in [4.78, 5) is 0. The fourth-order valence-electron chi connectivity index (χ4n) is 1.37. The Bertz CT molecular complexity index is 463. The van der Waals surface area contributed by atoms with Gasteiger partial charge in [0.2, 0.25) is 0 Å². The van der Waals surface area contributed by atoms with Crippen molar-refractivity contribution in [2.24, 2.45) is 0 Å². The van der Waals surface area contributed by atoms with Gasteiger partial charge in [-0.1, -0.05) is 0 Å². The molecule has 13 heavy (non-hydrogen) atoms. The molecular formula is C10H11N3. The molecule has 3 nitrogen and oxygen atoms in total. The zero-order valence-corrected chi connectivity index (χ0v) is 7.70. The smallest absolute Gasteiger partial charge is 0.153 e. The molecule has 0 amide bonds. The lowest BCUT2D eigenvalue weighted by atomic mass is 10.1. The second-order valence-corrected chi connectivity index (χ2v) is 3.25. The van der Waals surface area contributed by atoms with Crippen molar-refractivity contribution in [3.8, 4) is 0 Å². The van der Waals surface area contributed by atoms with Crippen LogP contribution < -0.4 is 5.73 Å². The number of hydrogen-bond donors (Lipinski definition) is 1. The normalized spacial score (nSPS) is 10.6. The number of nitrogens with zero attached hydrogens (tertiary/aromatic N) is 2. The fourth-order valence-corrected chi connectivity index (χ4v) is 1.37. The van der Waals surface area contributed by atoms with Crippen molar-refractivity contribution in [2.75, 3.05) is 5.73 Å². The predicted molar refractivity (Wildman–Crippen MR) is 53.4 cm³/mol. The first kappa shape index (κ1) is 7.98. The van der Waals surface area contributed by atoms with Crippen molar-refractivity contribution in [3.05, 3.63) is 29.5 Å². The summed E-state index contributed by atoms with van der Waals surface area (Å²) >= 11 is 0. The van der Waals surface area contributed by atoms with Crippen LogP contribution in [-0.4, -0.2) is 10.2 Å². The molecule has 0 atom stereocenters. The molecule has 1 heterocycles. The van der Waals surface area contributed by atoms with Gasteiger partial charge >= 0.3 is 0 Å². The molecule has 0 fully saturated rings. The number of hydrogen-bond acceptors (Lipinski definition) is 3. The molecule has 0 saturated heterocycles. The van der Waals surface area contributed by atoms with Crippen LogP contribution in [0.15, 0.2) is 18.3 Å². The maximum atomic E-state index is 5.70. The summed E-state index contributed by atoms with van der Waals surface area (Å²) < 4.78 is 0. The van der Waals surface area contributed by atoms with Crippen LogP contribution >= 0.6 is 0 Å². The Morgan fingerprint density at radius 3 is 2.62 bits per heavy atom. The van der Waals surface area contributed by atoms with Crippen molar-refractivity contribution in [2.45, 2.75) is 13.8 Å². The van der Waals surface area contributed by atoms with Crippen molar-refractivity contribution in [3.63, 3.8) is 0 Å². The standard InChI is InChI=1S/C10H11N3/c1-6-3-8-5-12-13-10(11)9(8)4-7(6)2/h3-5H,1-2H3,(H2,11,13). The van der Waals surface area contributed by atoms with Crippen LogP contribution in [0.5, 0.6) is 0 Å². The van der Waals surface area contributed by atoms with E-state index in [0.717, 1.165) is 10.8 Å². The Balaban J connectivity index is 2.89. The molecule has 3 heteroatoms. The number of anilines is 1. The highest BCUT2D eigenvalue weighted by molar-refractivity contribution is 5.91. The SMILES string of the molecule is Cc1cc2cnnc(N)c2cc1C. The molecule has 66 valence electrons. The molecule has 2 rings (SSSR count). The average Bonchev–Trinajstić information content (AvgIpc) is 2.09. The first-order chi connectivity index (χ1) is 6.18. The van der Waals surface area contributed by atoms with E-state index in [1.807, 2.05) is 0 Å². The topological polar surface area (TPSA) is 51.8 Å². The number of aromatic nitrogens is 2. The first-order valence-electron chi connectivity index (χ1n) is 4.16. The number of benzene rings is 1. The van der Waals surface area contributed by atoms with E-state index in [-0.39, 0.29) is 0 Å². The molecule has 2 N–H and O–H groups in total. The van der Waals surface area contributed by atoms with Gasteiger partial charge in [-0.3, -0.25) is 0 Å². The van der Waals surface area contributed by atoms with Gasteiger partial charge in [-0.05, 0) is 37.1 Å². The van der Waals surface area contributed by atoms with E-state index in [2.05, 4.69) is 36.2 Å². The van der Waals surface area contributed by atoms with E-state index in [0.29, 0.717) is 5.82 Å². The highest BCUT2D eigenvalue weighted by Crippen LogP contribution is 2.21. The molecule has 0 aliphatic rings.